The third kappa shape index (κ3) is 5.48. The van der Waals surface area contributed by atoms with E-state index < -0.39 is 0 Å². The Labute approximate surface area is 136 Å². The van der Waals surface area contributed by atoms with Crippen LogP contribution in [-0.2, 0) is 6.42 Å². The van der Waals surface area contributed by atoms with Gasteiger partial charge in [-0.05, 0) is 36.4 Å². The summed E-state index contributed by atoms with van der Waals surface area (Å²) in [6.45, 7) is 6.81. The highest BCUT2D eigenvalue weighted by Crippen LogP contribution is 2.20. The minimum absolute atomic E-state index is 0.453. The Balaban J connectivity index is 1.82. The lowest BCUT2D eigenvalue weighted by Crippen LogP contribution is -2.38. The Morgan fingerprint density at radius 1 is 1.32 bits per heavy atom. The second kappa shape index (κ2) is 9.20. The van der Waals surface area contributed by atoms with Gasteiger partial charge in [-0.15, -0.1) is 11.3 Å². The van der Waals surface area contributed by atoms with Gasteiger partial charge in [-0.3, -0.25) is 9.98 Å². The molecule has 2 rings (SSSR count). The van der Waals surface area contributed by atoms with Crippen LogP contribution in [-0.4, -0.2) is 30.6 Å². The van der Waals surface area contributed by atoms with Crippen LogP contribution in [0.3, 0.4) is 0 Å². The van der Waals surface area contributed by atoms with Crippen molar-refractivity contribution < 1.29 is 0 Å². The van der Waals surface area contributed by atoms with Crippen LogP contribution in [0.2, 0.25) is 0 Å². The molecule has 0 saturated carbocycles. The molecular weight excluding hydrogens is 292 g/mol. The van der Waals surface area contributed by atoms with Gasteiger partial charge >= 0.3 is 0 Å². The average Bonchev–Trinajstić information content (AvgIpc) is 3.08. The van der Waals surface area contributed by atoms with Crippen LogP contribution in [0.4, 0.5) is 0 Å². The van der Waals surface area contributed by atoms with E-state index in [-0.39, 0.29) is 0 Å². The number of rotatable bonds is 7. The molecule has 0 aliphatic heterocycles. The van der Waals surface area contributed by atoms with E-state index in [2.05, 4.69) is 58.0 Å². The van der Waals surface area contributed by atoms with E-state index in [9.17, 15) is 0 Å². The first kappa shape index (κ1) is 16.5. The fourth-order valence-corrected chi connectivity index (χ4v) is 2.88. The van der Waals surface area contributed by atoms with Crippen molar-refractivity contribution in [2.75, 3.05) is 19.6 Å². The summed E-state index contributed by atoms with van der Waals surface area (Å²) < 4.78 is 0. The number of hydrogen-bond donors (Lipinski definition) is 2. The minimum Gasteiger partial charge on any atom is -0.357 e. The highest BCUT2D eigenvalue weighted by atomic mass is 32.1. The van der Waals surface area contributed by atoms with E-state index in [1.54, 1.807) is 17.5 Å². The molecule has 0 amide bonds. The maximum Gasteiger partial charge on any atom is 0.191 e. The second-order valence-electron chi connectivity index (χ2n) is 5.17. The summed E-state index contributed by atoms with van der Waals surface area (Å²) in [5.41, 5.74) is 1.23. The molecule has 118 valence electrons. The molecule has 0 fully saturated rings. The van der Waals surface area contributed by atoms with Crippen molar-refractivity contribution >= 4 is 17.3 Å². The first-order valence-electron chi connectivity index (χ1n) is 7.74. The highest BCUT2D eigenvalue weighted by Gasteiger charge is 2.06. The van der Waals surface area contributed by atoms with Gasteiger partial charge in [-0.1, -0.05) is 19.1 Å². The van der Waals surface area contributed by atoms with E-state index in [4.69, 9.17) is 0 Å². The zero-order chi connectivity index (χ0) is 15.6. The number of hydrogen-bond acceptors (Lipinski definition) is 3. The van der Waals surface area contributed by atoms with Crippen LogP contribution in [0.15, 0.2) is 47.0 Å². The molecule has 2 aromatic heterocycles. The van der Waals surface area contributed by atoms with Gasteiger partial charge in [0.15, 0.2) is 5.96 Å². The normalized spacial score (nSPS) is 12.9. The fraction of sp³-hybridized carbons (Fsp3) is 0.412. The molecule has 0 aromatic carbocycles. The smallest absolute Gasteiger partial charge is 0.191 e. The van der Waals surface area contributed by atoms with Crippen molar-refractivity contribution in [2.45, 2.75) is 26.2 Å². The summed E-state index contributed by atoms with van der Waals surface area (Å²) in [5, 5.41) is 8.80. The first-order valence-corrected chi connectivity index (χ1v) is 8.62. The predicted molar refractivity (Wildman–Crippen MR) is 94.7 cm³/mol. The summed E-state index contributed by atoms with van der Waals surface area (Å²) in [6.07, 6.45) is 4.65. The number of aliphatic imine (C=N–C) groups is 1. The Bertz CT molecular complexity index is 551. The van der Waals surface area contributed by atoms with Crippen LogP contribution in [0, 0.1) is 0 Å². The average molecular weight is 316 g/mol. The number of nitrogens with one attached hydrogen (secondary N) is 2. The molecule has 0 aliphatic rings. The molecule has 2 heterocycles. The monoisotopic (exact) mass is 316 g/mol. The van der Waals surface area contributed by atoms with Crippen molar-refractivity contribution in [3.05, 3.63) is 52.5 Å². The number of guanidine groups is 1. The Kier molecular flexibility index (Phi) is 6.90. The minimum atomic E-state index is 0.453. The van der Waals surface area contributed by atoms with E-state index in [1.165, 1.54) is 10.4 Å². The number of aromatic nitrogens is 1. The van der Waals surface area contributed by atoms with Crippen LogP contribution >= 0.6 is 11.3 Å². The van der Waals surface area contributed by atoms with Crippen molar-refractivity contribution in [1.82, 2.24) is 15.6 Å². The SMILES string of the molecule is CCNC(=NCC(C)c1cccs1)NCCc1cccnc1. The zero-order valence-electron chi connectivity index (χ0n) is 13.2. The third-order valence-corrected chi connectivity index (χ3v) is 4.43. The van der Waals surface area contributed by atoms with Crippen LogP contribution in [0.5, 0.6) is 0 Å². The molecule has 1 unspecified atom stereocenters. The van der Waals surface area contributed by atoms with E-state index >= 15 is 0 Å². The Hall–Kier alpha value is -1.88. The van der Waals surface area contributed by atoms with Gasteiger partial charge in [0.2, 0.25) is 0 Å². The van der Waals surface area contributed by atoms with Crippen molar-refractivity contribution in [1.29, 1.82) is 0 Å². The van der Waals surface area contributed by atoms with E-state index in [0.29, 0.717) is 5.92 Å². The van der Waals surface area contributed by atoms with Gasteiger partial charge in [-0.25, -0.2) is 0 Å². The first-order chi connectivity index (χ1) is 10.8. The number of thiophene rings is 1. The zero-order valence-corrected chi connectivity index (χ0v) is 14.1. The van der Waals surface area contributed by atoms with Gasteiger partial charge in [0.1, 0.15) is 0 Å². The molecule has 0 bridgehead atoms. The highest BCUT2D eigenvalue weighted by molar-refractivity contribution is 7.10. The Morgan fingerprint density at radius 2 is 2.23 bits per heavy atom. The largest absolute Gasteiger partial charge is 0.357 e. The lowest BCUT2D eigenvalue weighted by atomic mass is 10.1. The molecule has 1 atom stereocenters. The van der Waals surface area contributed by atoms with Crippen LogP contribution in [0.1, 0.15) is 30.2 Å². The van der Waals surface area contributed by atoms with Gasteiger partial charge in [-0.2, -0.15) is 0 Å². The van der Waals surface area contributed by atoms with E-state index in [1.807, 2.05) is 12.3 Å². The molecule has 4 nitrogen and oxygen atoms in total. The lowest BCUT2D eigenvalue weighted by molar-refractivity contribution is 0.754. The second-order valence-corrected chi connectivity index (χ2v) is 6.15. The molecule has 0 radical (unpaired) electrons. The molecule has 5 heteroatoms. The Morgan fingerprint density at radius 3 is 2.91 bits per heavy atom. The predicted octanol–water partition coefficient (Wildman–Crippen LogP) is 3.04. The molecule has 2 aromatic rings. The lowest BCUT2D eigenvalue weighted by Gasteiger charge is -2.13. The quantitative estimate of drug-likeness (QED) is 0.610. The standard InChI is InChI=1S/C17H24N4S/c1-3-19-17(20-10-8-15-6-4-9-18-13-15)21-12-14(2)16-7-5-11-22-16/h4-7,9,11,13-14H,3,8,10,12H2,1-2H3,(H2,19,20,21). The summed E-state index contributed by atoms with van der Waals surface area (Å²) in [7, 11) is 0. The van der Waals surface area contributed by atoms with Gasteiger partial charge in [0.25, 0.3) is 0 Å². The molecule has 0 saturated heterocycles. The van der Waals surface area contributed by atoms with Crippen LogP contribution < -0.4 is 10.6 Å². The summed E-state index contributed by atoms with van der Waals surface area (Å²) in [4.78, 5) is 10.2. The third-order valence-electron chi connectivity index (χ3n) is 3.33. The maximum atomic E-state index is 4.69. The van der Waals surface area contributed by atoms with Crippen LogP contribution in [0.25, 0.3) is 0 Å². The number of nitrogens with zero attached hydrogens (tertiary/aromatic N) is 2. The molecular formula is C17H24N4S. The van der Waals surface area contributed by atoms with Gasteiger partial charge in [0.05, 0.1) is 6.54 Å². The number of pyridine rings is 1. The summed E-state index contributed by atoms with van der Waals surface area (Å²) in [5.74, 6) is 1.34. The summed E-state index contributed by atoms with van der Waals surface area (Å²) >= 11 is 1.79. The van der Waals surface area contributed by atoms with E-state index in [0.717, 1.165) is 32.0 Å². The molecule has 0 aliphatic carbocycles. The topological polar surface area (TPSA) is 49.3 Å². The van der Waals surface area contributed by atoms with Gasteiger partial charge in [0, 0.05) is 36.3 Å². The van der Waals surface area contributed by atoms with Crippen molar-refractivity contribution in [3.63, 3.8) is 0 Å². The summed E-state index contributed by atoms with van der Waals surface area (Å²) in [6, 6.07) is 8.33. The maximum absolute atomic E-state index is 4.69. The fourth-order valence-electron chi connectivity index (χ4n) is 2.10. The molecule has 22 heavy (non-hydrogen) atoms. The van der Waals surface area contributed by atoms with Crippen molar-refractivity contribution in [2.24, 2.45) is 4.99 Å². The molecule has 0 spiro atoms. The van der Waals surface area contributed by atoms with Crippen molar-refractivity contribution in [3.8, 4) is 0 Å². The van der Waals surface area contributed by atoms with Gasteiger partial charge < -0.3 is 10.6 Å². The molecule has 2 N–H and O–H groups in total.